The molecule has 0 saturated carbocycles. The number of halogens is 3. The molecule has 4 unspecified atom stereocenters. The second kappa shape index (κ2) is 21.2. The Morgan fingerprint density at radius 2 is 1.66 bits per heavy atom. The Bertz CT molecular complexity index is 729. The molecule has 2 N–H and O–H groups in total. The van der Waals surface area contributed by atoms with Gasteiger partial charge in [-0.3, -0.25) is 0 Å². The van der Waals surface area contributed by atoms with Gasteiger partial charge in [0.25, 0.3) is 0 Å². The van der Waals surface area contributed by atoms with Crippen molar-refractivity contribution in [3.63, 3.8) is 0 Å². The number of alkyl halides is 3. The van der Waals surface area contributed by atoms with Crippen molar-refractivity contribution in [3.05, 3.63) is 60.2 Å². The predicted molar refractivity (Wildman–Crippen MR) is 160 cm³/mol. The number of hydrogen-bond donors (Lipinski definition) is 2. The van der Waals surface area contributed by atoms with Crippen LogP contribution in [-0.2, 0) is 12.0 Å². The van der Waals surface area contributed by atoms with Crippen molar-refractivity contribution in [2.75, 3.05) is 33.2 Å². The van der Waals surface area contributed by atoms with Crippen molar-refractivity contribution in [1.82, 2.24) is 10.2 Å². The van der Waals surface area contributed by atoms with Gasteiger partial charge in [-0.05, 0) is 57.3 Å². The molecule has 0 aliphatic carbocycles. The van der Waals surface area contributed by atoms with E-state index in [9.17, 15) is 18.3 Å². The van der Waals surface area contributed by atoms with Crippen LogP contribution in [0.3, 0.4) is 0 Å². The lowest BCUT2D eigenvalue weighted by atomic mass is 9.74. The molecule has 38 heavy (non-hydrogen) atoms. The molecule has 0 amide bonds. The first-order chi connectivity index (χ1) is 17.8. The lowest BCUT2D eigenvalue weighted by molar-refractivity contribution is -0.156. The smallest absolute Gasteiger partial charge is 0.385 e. The van der Waals surface area contributed by atoms with E-state index in [4.69, 9.17) is 0 Å². The molecule has 0 fully saturated rings. The summed E-state index contributed by atoms with van der Waals surface area (Å²) in [5.41, 5.74) is 1.53. The fraction of sp³-hybridized carbons (Fsp3) is 0.688. The van der Waals surface area contributed by atoms with Crippen molar-refractivity contribution in [1.29, 1.82) is 0 Å². The van der Waals surface area contributed by atoms with E-state index in [1.165, 1.54) is 24.9 Å². The van der Waals surface area contributed by atoms with Crippen molar-refractivity contribution < 1.29 is 18.3 Å². The molecule has 0 spiro atoms. The zero-order valence-electron chi connectivity index (χ0n) is 25.7. The molecule has 3 nitrogen and oxygen atoms in total. The van der Waals surface area contributed by atoms with Gasteiger partial charge in [0.1, 0.15) is 0 Å². The Labute approximate surface area is 232 Å². The second-order valence-electron chi connectivity index (χ2n) is 10.0. The van der Waals surface area contributed by atoms with E-state index >= 15 is 0 Å². The number of nitrogens with zero attached hydrogens (tertiary/aromatic N) is 1. The molecule has 0 aliphatic rings. The fourth-order valence-electron chi connectivity index (χ4n) is 3.89. The molecule has 0 aliphatic heterocycles. The lowest BCUT2D eigenvalue weighted by Crippen LogP contribution is -2.42. The summed E-state index contributed by atoms with van der Waals surface area (Å²) in [6, 6.07) is 8.64. The fourth-order valence-corrected chi connectivity index (χ4v) is 3.89. The zero-order chi connectivity index (χ0) is 29.8. The molecule has 0 heterocycles. The third-order valence-corrected chi connectivity index (χ3v) is 7.00. The van der Waals surface area contributed by atoms with E-state index in [1.807, 2.05) is 27.7 Å². The minimum absolute atomic E-state index is 0.175. The third kappa shape index (κ3) is 15.7. The van der Waals surface area contributed by atoms with Crippen molar-refractivity contribution in [3.8, 4) is 0 Å². The molecule has 6 heteroatoms. The molecule has 0 saturated heterocycles. The van der Waals surface area contributed by atoms with Crippen molar-refractivity contribution in [2.24, 2.45) is 17.8 Å². The third-order valence-electron chi connectivity index (χ3n) is 7.00. The highest BCUT2D eigenvalue weighted by Gasteiger charge is 2.36. The number of allylic oxidation sites excluding steroid dienone is 2. The number of rotatable bonds is 15. The Kier molecular flexibility index (Phi) is 21.5. The van der Waals surface area contributed by atoms with Gasteiger partial charge in [-0.1, -0.05) is 96.9 Å². The van der Waals surface area contributed by atoms with Gasteiger partial charge < -0.3 is 15.3 Å². The summed E-state index contributed by atoms with van der Waals surface area (Å²) in [6.07, 6.45) is 5.57. The molecule has 1 rings (SSSR count). The first kappa shape index (κ1) is 38.5. The maximum absolute atomic E-state index is 11.4. The number of benzene rings is 1. The number of hydrogen-bond acceptors (Lipinski definition) is 3. The Balaban J connectivity index is 0. The quantitative estimate of drug-likeness (QED) is 0.173. The van der Waals surface area contributed by atoms with E-state index < -0.39 is 17.7 Å². The van der Waals surface area contributed by atoms with Crippen LogP contribution < -0.4 is 5.32 Å². The summed E-state index contributed by atoms with van der Waals surface area (Å²) in [5.74, 6) is -0.767. The van der Waals surface area contributed by atoms with Gasteiger partial charge >= 0.3 is 6.18 Å². The van der Waals surface area contributed by atoms with Gasteiger partial charge in [0.2, 0.25) is 0 Å². The predicted octanol–water partition coefficient (Wildman–Crippen LogP) is 8.39. The summed E-state index contributed by atoms with van der Waals surface area (Å²) in [6.45, 7) is 22.7. The summed E-state index contributed by atoms with van der Waals surface area (Å²) in [7, 11) is 2.20. The van der Waals surface area contributed by atoms with E-state index in [-0.39, 0.29) is 5.92 Å². The Hall–Kier alpha value is -1.63. The summed E-state index contributed by atoms with van der Waals surface area (Å²) in [4.78, 5) is 2.41. The molecule has 0 aromatic heterocycles. The van der Waals surface area contributed by atoms with Gasteiger partial charge in [-0.25, -0.2) is 0 Å². The normalized spacial score (nSPS) is 15.5. The van der Waals surface area contributed by atoms with Crippen LogP contribution in [0.4, 0.5) is 13.2 Å². The van der Waals surface area contributed by atoms with Gasteiger partial charge in [0, 0.05) is 25.6 Å². The minimum atomic E-state index is -4.11. The van der Waals surface area contributed by atoms with Crippen LogP contribution in [0.5, 0.6) is 0 Å². The first-order valence-electron chi connectivity index (χ1n) is 14.4. The Morgan fingerprint density at radius 3 is 2.08 bits per heavy atom. The summed E-state index contributed by atoms with van der Waals surface area (Å²) >= 11 is 0. The van der Waals surface area contributed by atoms with Crippen LogP contribution in [0.1, 0.15) is 85.8 Å². The van der Waals surface area contributed by atoms with Gasteiger partial charge in [-0.15, -0.1) is 6.58 Å². The largest absolute Gasteiger partial charge is 0.394 e. The SMILES string of the molecule is C/C=C/CNCC(C(C)CC)C(C)(O)c1ccc(CCN(C)CCCC)cc1.C=CC(C)C(F)(F)F.CC. The number of nitrogens with one attached hydrogen (secondary N) is 1. The number of unbranched alkanes of at least 4 members (excludes halogenated alkanes) is 1. The Morgan fingerprint density at radius 1 is 1.08 bits per heavy atom. The first-order valence-corrected chi connectivity index (χ1v) is 14.4. The average Bonchev–Trinajstić information content (AvgIpc) is 2.90. The van der Waals surface area contributed by atoms with E-state index in [0.29, 0.717) is 5.92 Å². The molecule has 0 radical (unpaired) electrons. The van der Waals surface area contributed by atoms with Crippen LogP contribution in [0.25, 0.3) is 0 Å². The van der Waals surface area contributed by atoms with Crippen LogP contribution in [0, 0.1) is 17.8 Å². The second-order valence-corrected chi connectivity index (χ2v) is 10.0. The highest BCUT2D eigenvalue weighted by molar-refractivity contribution is 5.28. The number of likely N-dealkylation sites (N-methyl/N-ethyl adjacent to an activating group) is 1. The highest BCUT2D eigenvalue weighted by Crippen LogP contribution is 2.35. The van der Waals surface area contributed by atoms with Crippen LogP contribution >= 0.6 is 0 Å². The summed E-state index contributed by atoms with van der Waals surface area (Å²) < 4.78 is 34.1. The molecule has 1 aromatic carbocycles. The van der Waals surface area contributed by atoms with Crippen LogP contribution in [0.15, 0.2) is 49.1 Å². The lowest BCUT2D eigenvalue weighted by Gasteiger charge is -2.37. The maximum atomic E-state index is 11.4. The van der Waals surface area contributed by atoms with Crippen LogP contribution in [0.2, 0.25) is 0 Å². The van der Waals surface area contributed by atoms with Crippen LogP contribution in [-0.4, -0.2) is 49.4 Å². The van der Waals surface area contributed by atoms with E-state index in [0.717, 1.165) is 51.0 Å². The topological polar surface area (TPSA) is 35.5 Å². The molecule has 0 bridgehead atoms. The van der Waals surface area contributed by atoms with E-state index in [1.54, 1.807) is 0 Å². The van der Waals surface area contributed by atoms with E-state index in [2.05, 4.69) is 81.0 Å². The average molecular weight is 543 g/mol. The summed E-state index contributed by atoms with van der Waals surface area (Å²) in [5, 5.41) is 14.9. The molecular formula is C32H57F3N2O. The minimum Gasteiger partial charge on any atom is -0.385 e. The monoisotopic (exact) mass is 542 g/mol. The standard InChI is InChI=1S/C25H44N2O.C5H7F3.C2H6/c1-7-10-17-26-20-24(21(4)9-3)25(5,28)23-14-12-22(13-15-23)16-19-27(6)18-11-8-2;1-3-4(2)5(6,7)8;1-2/h7,10,12-15,21,24,26,28H,8-9,11,16-20H2,1-6H3;3-4H,1H2,2H3;1-2H3/b10-7+;;. The highest BCUT2D eigenvalue weighted by atomic mass is 19.4. The molecular weight excluding hydrogens is 485 g/mol. The van der Waals surface area contributed by atoms with Crippen molar-refractivity contribution >= 4 is 0 Å². The maximum Gasteiger partial charge on any atom is 0.394 e. The van der Waals surface area contributed by atoms with Gasteiger partial charge in [-0.2, -0.15) is 13.2 Å². The number of aliphatic hydroxyl groups is 1. The van der Waals surface area contributed by atoms with Gasteiger partial charge in [0.15, 0.2) is 0 Å². The molecule has 222 valence electrons. The molecule has 4 atom stereocenters. The van der Waals surface area contributed by atoms with Crippen molar-refractivity contribution in [2.45, 2.75) is 92.9 Å². The zero-order valence-corrected chi connectivity index (χ0v) is 25.7. The van der Waals surface area contributed by atoms with Gasteiger partial charge in [0.05, 0.1) is 11.5 Å². The molecule has 1 aromatic rings.